The Labute approximate surface area is 130 Å². The average Bonchev–Trinajstić information content (AvgIpc) is 2.48. The van der Waals surface area contributed by atoms with Crippen LogP contribution in [-0.4, -0.2) is 41.9 Å². The minimum atomic E-state index is -0.609. The smallest absolute Gasteiger partial charge is 0.183 e. The number of hydrogen-bond acceptors (Lipinski definition) is 4. The van der Waals surface area contributed by atoms with Crippen LogP contribution in [0.15, 0.2) is 24.3 Å². The van der Waals surface area contributed by atoms with E-state index in [4.69, 9.17) is 18.9 Å². The van der Waals surface area contributed by atoms with Crippen LogP contribution in [0.3, 0.4) is 0 Å². The molecule has 1 aromatic rings. The fourth-order valence-electron chi connectivity index (χ4n) is 2.08. The molecule has 0 amide bonds. The van der Waals surface area contributed by atoms with Crippen molar-refractivity contribution in [3.63, 3.8) is 0 Å². The molecular weight excluding hydrogens is 284 g/mol. The van der Waals surface area contributed by atoms with Gasteiger partial charge in [0.1, 0.15) is 15.4 Å². The molecule has 0 bridgehead atoms. The number of ether oxygens (including phenoxy) is 4. The summed E-state index contributed by atoms with van der Waals surface area (Å²) in [6.45, 7) is 10.6. The highest BCUT2D eigenvalue weighted by Gasteiger charge is 2.13. The van der Waals surface area contributed by atoms with E-state index in [1.54, 1.807) is 0 Å². The zero-order valence-corrected chi connectivity index (χ0v) is 15.0. The van der Waals surface area contributed by atoms with Crippen LogP contribution < -0.4 is 5.19 Å². The van der Waals surface area contributed by atoms with E-state index in [1.807, 2.05) is 27.7 Å². The largest absolute Gasteiger partial charge is 0.357 e. The van der Waals surface area contributed by atoms with E-state index < -0.39 is 9.52 Å². The highest BCUT2D eigenvalue weighted by atomic mass is 28.2. The van der Waals surface area contributed by atoms with Crippen molar-refractivity contribution in [1.82, 2.24) is 0 Å². The van der Waals surface area contributed by atoms with E-state index in [9.17, 15) is 0 Å². The number of benzene rings is 1. The predicted octanol–water partition coefficient (Wildman–Crippen LogP) is 1.91. The van der Waals surface area contributed by atoms with Crippen molar-refractivity contribution < 1.29 is 18.9 Å². The third-order valence-electron chi connectivity index (χ3n) is 3.00. The molecule has 21 heavy (non-hydrogen) atoms. The Kier molecular flexibility index (Phi) is 9.53. The molecule has 5 heteroatoms. The number of rotatable bonds is 11. The molecule has 0 unspecified atom stereocenters. The summed E-state index contributed by atoms with van der Waals surface area (Å²) in [4.78, 5) is 0. The van der Waals surface area contributed by atoms with Crippen LogP contribution in [0, 0.1) is 0 Å². The molecule has 0 aliphatic heterocycles. The second kappa shape index (κ2) is 10.9. The topological polar surface area (TPSA) is 36.9 Å². The van der Waals surface area contributed by atoms with Crippen molar-refractivity contribution in [2.24, 2.45) is 0 Å². The summed E-state index contributed by atoms with van der Waals surface area (Å²) in [6.07, 6.45) is -0.273. The molecular formula is C16H28O4Si. The molecule has 120 valence electrons. The van der Waals surface area contributed by atoms with Crippen LogP contribution in [0.4, 0.5) is 0 Å². The lowest BCUT2D eigenvalue weighted by Crippen LogP contribution is -2.33. The maximum atomic E-state index is 5.63. The second-order valence-electron chi connectivity index (χ2n) is 4.53. The van der Waals surface area contributed by atoms with Crippen LogP contribution in [0.1, 0.15) is 39.5 Å². The summed E-state index contributed by atoms with van der Waals surface area (Å²) in [5.41, 5.74) is 1.06. The Morgan fingerprint density at radius 2 is 1.24 bits per heavy atom. The molecule has 1 aromatic carbocycles. The molecule has 0 saturated heterocycles. The molecule has 1 rings (SSSR count). The highest BCUT2D eigenvalue weighted by molar-refractivity contribution is 6.54. The average molecular weight is 312 g/mol. The third kappa shape index (κ3) is 6.71. The van der Waals surface area contributed by atoms with Gasteiger partial charge >= 0.3 is 0 Å². The van der Waals surface area contributed by atoms with Crippen LogP contribution in [0.2, 0.25) is 0 Å². The maximum Gasteiger partial charge on any atom is 0.183 e. The van der Waals surface area contributed by atoms with E-state index in [0.717, 1.165) is 5.56 Å². The standard InChI is InChI=1S/C16H28O4Si/c1-5-17-15(18-6-2)13-9-11-14(12-10-13)21-16(19-7-3)20-8-4/h9-12,15-16H,5-8,21H2,1-4H3. The quantitative estimate of drug-likeness (QED) is 0.462. The lowest BCUT2D eigenvalue weighted by molar-refractivity contribution is -0.140. The molecule has 0 saturated carbocycles. The summed E-state index contributed by atoms with van der Waals surface area (Å²) in [7, 11) is -0.609. The first-order valence-electron chi connectivity index (χ1n) is 7.80. The van der Waals surface area contributed by atoms with Crippen LogP contribution in [0.5, 0.6) is 0 Å². The fraction of sp³-hybridized carbons (Fsp3) is 0.625. The molecule has 0 aliphatic carbocycles. The van der Waals surface area contributed by atoms with E-state index in [1.165, 1.54) is 5.19 Å². The van der Waals surface area contributed by atoms with Crippen molar-refractivity contribution in [3.8, 4) is 0 Å². The van der Waals surface area contributed by atoms with Gasteiger partial charge in [0.2, 0.25) is 0 Å². The fourth-order valence-corrected chi connectivity index (χ4v) is 3.68. The molecule has 0 N–H and O–H groups in total. The van der Waals surface area contributed by atoms with Gasteiger partial charge in [0.15, 0.2) is 6.29 Å². The third-order valence-corrected chi connectivity index (χ3v) is 4.74. The van der Waals surface area contributed by atoms with Gasteiger partial charge in [0.25, 0.3) is 0 Å². The minimum Gasteiger partial charge on any atom is -0.357 e. The summed E-state index contributed by atoms with van der Waals surface area (Å²) in [6, 6.07) is 8.43. The maximum absolute atomic E-state index is 5.63. The second-order valence-corrected chi connectivity index (χ2v) is 6.42. The molecule has 0 heterocycles. The molecule has 0 aliphatic rings. The number of hydrogen-bond donors (Lipinski definition) is 0. The zero-order valence-electron chi connectivity index (χ0n) is 13.6. The summed E-state index contributed by atoms with van der Waals surface area (Å²) in [5.74, 6) is -0.0413. The van der Waals surface area contributed by atoms with Crippen LogP contribution >= 0.6 is 0 Å². The Morgan fingerprint density at radius 1 is 0.762 bits per heavy atom. The van der Waals surface area contributed by atoms with Crippen molar-refractivity contribution in [1.29, 1.82) is 0 Å². The molecule has 4 nitrogen and oxygen atoms in total. The molecule has 0 atom stereocenters. The zero-order chi connectivity index (χ0) is 15.5. The Morgan fingerprint density at radius 3 is 1.67 bits per heavy atom. The molecule has 0 spiro atoms. The Balaban J connectivity index is 2.66. The van der Waals surface area contributed by atoms with Crippen molar-refractivity contribution in [2.75, 3.05) is 26.4 Å². The normalized spacial score (nSPS) is 12.1. The van der Waals surface area contributed by atoms with Gasteiger partial charge in [0.05, 0.1) is 0 Å². The SMILES string of the molecule is CCOC(OCC)[SiH2]c1ccc(C(OCC)OCC)cc1. The van der Waals surface area contributed by atoms with Crippen molar-refractivity contribution in [2.45, 2.75) is 39.9 Å². The van der Waals surface area contributed by atoms with E-state index >= 15 is 0 Å². The van der Waals surface area contributed by atoms with E-state index in [2.05, 4.69) is 24.3 Å². The van der Waals surface area contributed by atoms with Crippen molar-refractivity contribution in [3.05, 3.63) is 29.8 Å². The van der Waals surface area contributed by atoms with Gasteiger partial charge < -0.3 is 18.9 Å². The van der Waals surface area contributed by atoms with Gasteiger partial charge in [-0.2, -0.15) is 0 Å². The van der Waals surface area contributed by atoms with Gasteiger partial charge in [-0.25, -0.2) is 0 Å². The molecule has 0 radical (unpaired) electrons. The van der Waals surface area contributed by atoms with Gasteiger partial charge in [-0.1, -0.05) is 29.5 Å². The molecule has 0 fully saturated rings. The van der Waals surface area contributed by atoms with Gasteiger partial charge in [-0.05, 0) is 27.7 Å². The Hall–Kier alpha value is -0.723. The predicted molar refractivity (Wildman–Crippen MR) is 87.7 cm³/mol. The first kappa shape index (κ1) is 18.3. The lowest BCUT2D eigenvalue weighted by Gasteiger charge is -2.19. The van der Waals surface area contributed by atoms with Gasteiger partial charge in [0, 0.05) is 32.0 Å². The summed E-state index contributed by atoms with van der Waals surface area (Å²) >= 11 is 0. The van der Waals surface area contributed by atoms with Gasteiger partial charge in [-0.3, -0.25) is 0 Å². The monoisotopic (exact) mass is 312 g/mol. The highest BCUT2D eigenvalue weighted by Crippen LogP contribution is 2.17. The first-order valence-corrected chi connectivity index (χ1v) is 9.32. The van der Waals surface area contributed by atoms with E-state index in [0.29, 0.717) is 26.4 Å². The van der Waals surface area contributed by atoms with Crippen LogP contribution in [0.25, 0.3) is 0 Å². The van der Waals surface area contributed by atoms with E-state index in [-0.39, 0.29) is 12.2 Å². The van der Waals surface area contributed by atoms with Crippen molar-refractivity contribution >= 4 is 14.7 Å². The summed E-state index contributed by atoms with van der Waals surface area (Å²) in [5, 5.41) is 1.32. The lowest BCUT2D eigenvalue weighted by atomic mass is 10.2. The summed E-state index contributed by atoms with van der Waals surface area (Å²) < 4.78 is 22.5. The first-order chi connectivity index (χ1) is 10.2. The Bertz CT molecular complexity index is 357. The minimum absolute atomic E-state index is 0.0413. The van der Waals surface area contributed by atoms with Gasteiger partial charge in [-0.15, -0.1) is 0 Å². The van der Waals surface area contributed by atoms with Crippen LogP contribution in [-0.2, 0) is 18.9 Å². The molecule has 0 aromatic heterocycles.